The summed E-state index contributed by atoms with van der Waals surface area (Å²) in [5.74, 6) is 0.131. The van der Waals surface area contributed by atoms with Gasteiger partial charge in [0.2, 0.25) is 5.91 Å². The molecule has 1 saturated heterocycles. The molecule has 0 aromatic heterocycles. The topological polar surface area (TPSA) is 44.4 Å². The van der Waals surface area contributed by atoms with Crippen LogP contribution in [0.25, 0.3) is 0 Å². The van der Waals surface area contributed by atoms with Gasteiger partial charge >= 0.3 is 0 Å². The molecular weight excluding hydrogens is 202 g/mol. The molecular formula is C12H17N3O. The van der Waals surface area contributed by atoms with Crippen molar-refractivity contribution in [3.8, 4) is 0 Å². The third kappa shape index (κ3) is 3.24. The Balaban J connectivity index is 1.70. The molecule has 0 spiro atoms. The molecule has 1 fully saturated rings. The molecule has 0 saturated carbocycles. The van der Waals surface area contributed by atoms with E-state index in [9.17, 15) is 4.79 Å². The van der Waals surface area contributed by atoms with Gasteiger partial charge in [-0.3, -0.25) is 9.69 Å². The Hall–Kier alpha value is -1.55. The highest BCUT2D eigenvalue weighted by Gasteiger charge is 2.14. The van der Waals surface area contributed by atoms with E-state index in [1.54, 1.807) is 0 Å². The first kappa shape index (κ1) is 11.0. The quantitative estimate of drug-likeness (QED) is 0.776. The molecule has 0 aliphatic carbocycles. The van der Waals surface area contributed by atoms with Crippen molar-refractivity contribution in [1.82, 2.24) is 10.2 Å². The van der Waals surface area contributed by atoms with Crippen LogP contribution in [0.3, 0.4) is 0 Å². The summed E-state index contributed by atoms with van der Waals surface area (Å²) < 4.78 is 0. The molecule has 1 aromatic rings. The van der Waals surface area contributed by atoms with Crippen molar-refractivity contribution in [3.05, 3.63) is 30.3 Å². The molecule has 0 radical (unpaired) electrons. The van der Waals surface area contributed by atoms with Crippen molar-refractivity contribution in [2.75, 3.05) is 38.0 Å². The second kappa shape index (κ2) is 5.51. The highest BCUT2D eigenvalue weighted by Crippen LogP contribution is 2.04. The average Bonchev–Trinajstić information content (AvgIpc) is 2.30. The van der Waals surface area contributed by atoms with Gasteiger partial charge in [0, 0.05) is 31.9 Å². The van der Waals surface area contributed by atoms with E-state index in [1.807, 2.05) is 30.3 Å². The number of amides is 1. The first-order chi connectivity index (χ1) is 7.84. The van der Waals surface area contributed by atoms with Gasteiger partial charge in [0.15, 0.2) is 0 Å². The van der Waals surface area contributed by atoms with E-state index < -0.39 is 0 Å². The summed E-state index contributed by atoms with van der Waals surface area (Å²) in [5.41, 5.74) is 1.13. The van der Waals surface area contributed by atoms with Crippen LogP contribution in [-0.4, -0.2) is 43.5 Å². The minimum Gasteiger partial charge on any atom is -0.384 e. The molecule has 0 atom stereocenters. The Labute approximate surface area is 95.6 Å². The van der Waals surface area contributed by atoms with Gasteiger partial charge < -0.3 is 10.6 Å². The van der Waals surface area contributed by atoms with Gasteiger partial charge in [-0.05, 0) is 12.1 Å². The van der Waals surface area contributed by atoms with Gasteiger partial charge in [-0.15, -0.1) is 0 Å². The lowest BCUT2D eigenvalue weighted by molar-refractivity contribution is -0.124. The maximum Gasteiger partial charge on any atom is 0.234 e. The fourth-order valence-electron chi connectivity index (χ4n) is 1.80. The van der Waals surface area contributed by atoms with E-state index in [4.69, 9.17) is 0 Å². The molecule has 16 heavy (non-hydrogen) atoms. The lowest BCUT2D eigenvalue weighted by atomic mass is 10.3. The Bertz CT molecular complexity index is 339. The highest BCUT2D eigenvalue weighted by atomic mass is 16.2. The zero-order chi connectivity index (χ0) is 11.2. The van der Waals surface area contributed by atoms with Crippen molar-refractivity contribution >= 4 is 11.6 Å². The third-order valence-corrected chi connectivity index (χ3v) is 2.65. The van der Waals surface area contributed by atoms with Crippen LogP contribution in [0.2, 0.25) is 0 Å². The van der Waals surface area contributed by atoms with Crippen molar-refractivity contribution in [2.45, 2.75) is 0 Å². The first-order valence-corrected chi connectivity index (χ1v) is 5.62. The fourth-order valence-corrected chi connectivity index (χ4v) is 1.80. The number of carbonyl (C=O) groups is 1. The molecule has 1 aliphatic rings. The van der Waals surface area contributed by atoms with Crippen molar-refractivity contribution in [3.63, 3.8) is 0 Å². The van der Waals surface area contributed by atoms with Crippen molar-refractivity contribution < 1.29 is 4.79 Å². The van der Waals surface area contributed by atoms with Crippen molar-refractivity contribution in [2.24, 2.45) is 0 Å². The Morgan fingerprint density at radius 2 is 2.12 bits per heavy atom. The summed E-state index contributed by atoms with van der Waals surface area (Å²) in [6.07, 6.45) is 0. The molecule has 0 unspecified atom stereocenters. The highest BCUT2D eigenvalue weighted by molar-refractivity contribution is 5.78. The number of piperazine rings is 1. The van der Waals surface area contributed by atoms with E-state index in [1.165, 1.54) is 0 Å². The number of anilines is 1. The van der Waals surface area contributed by atoms with Crippen LogP contribution in [0.5, 0.6) is 0 Å². The third-order valence-electron chi connectivity index (χ3n) is 2.65. The second-order valence-electron chi connectivity index (χ2n) is 3.92. The van der Waals surface area contributed by atoms with Gasteiger partial charge in [0.05, 0.1) is 6.54 Å². The van der Waals surface area contributed by atoms with Gasteiger partial charge in [0.1, 0.15) is 0 Å². The Morgan fingerprint density at radius 3 is 2.88 bits per heavy atom. The number of nitrogens with zero attached hydrogens (tertiary/aromatic N) is 1. The molecule has 4 heteroatoms. The van der Waals surface area contributed by atoms with Gasteiger partial charge in [-0.1, -0.05) is 18.2 Å². The van der Waals surface area contributed by atoms with E-state index in [0.29, 0.717) is 6.54 Å². The fraction of sp³-hybridized carbons (Fsp3) is 0.417. The minimum absolute atomic E-state index is 0.131. The zero-order valence-corrected chi connectivity index (χ0v) is 9.28. The summed E-state index contributed by atoms with van der Waals surface area (Å²) >= 11 is 0. The summed E-state index contributed by atoms with van der Waals surface area (Å²) in [5, 5.41) is 6.15. The van der Waals surface area contributed by atoms with E-state index in [0.717, 1.165) is 31.9 Å². The molecule has 1 aromatic carbocycles. The standard InChI is InChI=1S/C12H17N3O/c16-12-10-15(9-7-14-12)8-6-13-11-4-2-1-3-5-11/h1-5,13H,6-10H2,(H,14,16). The van der Waals surface area contributed by atoms with Crippen LogP contribution in [0.1, 0.15) is 0 Å². The predicted octanol–water partition coefficient (Wildman–Crippen LogP) is 0.530. The SMILES string of the molecule is O=C1CN(CCNc2ccccc2)CCN1. The molecule has 2 rings (SSSR count). The van der Waals surface area contributed by atoms with E-state index in [-0.39, 0.29) is 5.91 Å². The number of rotatable bonds is 4. The van der Waals surface area contributed by atoms with Gasteiger partial charge in [-0.2, -0.15) is 0 Å². The van der Waals surface area contributed by atoms with Crippen LogP contribution >= 0.6 is 0 Å². The van der Waals surface area contributed by atoms with Crippen LogP contribution in [-0.2, 0) is 4.79 Å². The number of hydrogen-bond donors (Lipinski definition) is 2. The van der Waals surface area contributed by atoms with E-state index >= 15 is 0 Å². The smallest absolute Gasteiger partial charge is 0.234 e. The monoisotopic (exact) mass is 219 g/mol. The Kier molecular flexibility index (Phi) is 3.77. The lowest BCUT2D eigenvalue weighted by Gasteiger charge is -2.26. The average molecular weight is 219 g/mol. The maximum absolute atomic E-state index is 11.1. The van der Waals surface area contributed by atoms with Crippen LogP contribution in [0, 0.1) is 0 Å². The molecule has 2 N–H and O–H groups in total. The predicted molar refractivity (Wildman–Crippen MR) is 64.4 cm³/mol. The van der Waals surface area contributed by atoms with Gasteiger partial charge in [0.25, 0.3) is 0 Å². The number of hydrogen-bond acceptors (Lipinski definition) is 3. The number of nitrogens with one attached hydrogen (secondary N) is 2. The van der Waals surface area contributed by atoms with Crippen LogP contribution < -0.4 is 10.6 Å². The number of carbonyl (C=O) groups excluding carboxylic acids is 1. The van der Waals surface area contributed by atoms with Gasteiger partial charge in [-0.25, -0.2) is 0 Å². The molecule has 4 nitrogen and oxygen atoms in total. The Morgan fingerprint density at radius 1 is 1.31 bits per heavy atom. The molecule has 86 valence electrons. The summed E-state index contributed by atoms with van der Waals surface area (Å²) in [4.78, 5) is 13.3. The molecule has 1 aliphatic heterocycles. The van der Waals surface area contributed by atoms with Crippen LogP contribution in [0.15, 0.2) is 30.3 Å². The largest absolute Gasteiger partial charge is 0.384 e. The summed E-state index contributed by atoms with van der Waals surface area (Å²) in [6.45, 7) is 4.02. The molecule has 1 heterocycles. The summed E-state index contributed by atoms with van der Waals surface area (Å²) in [6, 6.07) is 10.1. The summed E-state index contributed by atoms with van der Waals surface area (Å²) in [7, 11) is 0. The normalized spacial score (nSPS) is 16.9. The van der Waals surface area contributed by atoms with Crippen molar-refractivity contribution in [1.29, 1.82) is 0 Å². The number of benzene rings is 1. The zero-order valence-electron chi connectivity index (χ0n) is 9.28. The molecule has 1 amide bonds. The lowest BCUT2D eigenvalue weighted by Crippen LogP contribution is -2.48. The number of para-hydroxylation sites is 1. The van der Waals surface area contributed by atoms with Crippen LogP contribution in [0.4, 0.5) is 5.69 Å². The molecule has 0 bridgehead atoms. The minimum atomic E-state index is 0.131. The first-order valence-electron chi connectivity index (χ1n) is 5.62. The maximum atomic E-state index is 11.1. The van der Waals surface area contributed by atoms with E-state index in [2.05, 4.69) is 15.5 Å². The second-order valence-corrected chi connectivity index (χ2v) is 3.92.